The first kappa shape index (κ1) is 15.4. The molecule has 3 nitrogen and oxygen atoms in total. The number of halogens is 2. The van der Waals surface area contributed by atoms with Gasteiger partial charge in [-0.05, 0) is 37.3 Å². The van der Waals surface area contributed by atoms with Gasteiger partial charge >= 0.3 is 0 Å². The van der Waals surface area contributed by atoms with Crippen LogP contribution in [0.25, 0.3) is 6.08 Å². The second-order valence-electron chi connectivity index (χ2n) is 4.66. The molecule has 5 heteroatoms. The first-order chi connectivity index (χ1) is 10.5. The molecule has 0 aromatic heterocycles. The number of nitriles is 1. The number of amides is 1. The Bertz CT molecular complexity index is 774. The van der Waals surface area contributed by atoms with Gasteiger partial charge in [0, 0.05) is 17.3 Å². The van der Waals surface area contributed by atoms with Gasteiger partial charge < -0.3 is 5.32 Å². The molecular formula is C17H12F2N2O. The van der Waals surface area contributed by atoms with E-state index in [0.29, 0.717) is 11.8 Å². The van der Waals surface area contributed by atoms with E-state index in [-0.39, 0.29) is 11.1 Å². The monoisotopic (exact) mass is 298 g/mol. The van der Waals surface area contributed by atoms with Gasteiger partial charge in [-0.3, -0.25) is 4.79 Å². The summed E-state index contributed by atoms with van der Waals surface area (Å²) in [6.07, 6.45) is 1.08. The van der Waals surface area contributed by atoms with Crippen molar-refractivity contribution in [3.63, 3.8) is 0 Å². The van der Waals surface area contributed by atoms with Crippen molar-refractivity contribution in [2.45, 2.75) is 6.92 Å². The number of carbonyl (C=O) groups excluding carboxylic acids is 1. The van der Waals surface area contributed by atoms with Crippen LogP contribution >= 0.6 is 0 Å². The average Bonchev–Trinajstić information content (AvgIpc) is 2.49. The minimum absolute atomic E-state index is 0.0305. The number of nitrogens with one attached hydrogen (secondary N) is 1. The Morgan fingerprint density at radius 2 is 1.86 bits per heavy atom. The molecule has 0 bridgehead atoms. The highest BCUT2D eigenvalue weighted by Gasteiger charge is 2.11. The summed E-state index contributed by atoms with van der Waals surface area (Å²) in [6.45, 7) is 1.91. The second kappa shape index (κ2) is 6.64. The Hall–Kier alpha value is -3.00. The molecule has 0 aliphatic rings. The molecule has 2 rings (SSSR count). The standard InChI is InChI=1S/C17H12F2N2O/c1-11-2-6-15(7-3-11)21-17(22)13(10-20)8-12-4-5-14(18)9-16(12)19/h2-9H,1H3,(H,21,22)/b13-8+. The van der Waals surface area contributed by atoms with Crippen molar-refractivity contribution >= 4 is 17.7 Å². The summed E-state index contributed by atoms with van der Waals surface area (Å²) in [5, 5.41) is 11.6. The molecule has 110 valence electrons. The summed E-state index contributed by atoms with van der Waals surface area (Å²) in [4.78, 5) is 12.0. The van der Waals surface area contributed by atoms with E-state index in [9.17, 15) is 13.6 Å². The van der Waals surface area contributed by atoms with E-state index in [0.717, 1.165) is 17.7 Å². The summed E-state index contributed by atoms with van der Waals surface area (Å²) in [5.41, 5.74) is 1.25. The number of rotatable bonds is 3. The van der Waals surface area contributed by atoms with Crippen LogP contribution in [-0.4, -0.2) is 5.91 Å². The van der Waals surface area contributed by atoms with Crippen LogP contribution in [0.2, 0.25) is 0 Å². The highest BCUT2D eigenvalue weighted by molar-refractivity contribution is 6.09. The van der Waals surface area contributed by atoms with Gasteiger partial charge in [-0.2, -0.15) is 5.26 Å². The van der Waals surface area contributed by atoms with Gasteiger partial charge in [-0.1, -0.05) is 17.7 Å². The molecule has 0 spiro atoms. The van der Waals surface area contributed by atoms with Crippen molar-refractivity contribution in [1.29, 1.82) is 5.26 Å². The predicted octanol–water partition coefficient (Wildman–Crippen LogP) is 3.82. The molecule has 0 fully saturated rings. The predicted molar refractivity (Wildman–Crippen MR) is 79.8 cm³/mol. The minimum atomic E-state index is -0.837. The first-order valence-electron chi connectivity index (χ1n) is 6.44. The van der Waals surface area contributed by atoms with Crippen molar-refractivity contribution in [1.82, 2.24) is 0 Å². The molecule has 2 aromatic rings. The zero-order chi connectivity index (χ0) is 16.1. The third-order valence-corrected chi connectivity index (χ3v) is 2.94. The van der Waals surface area contributed by atoms with Gasteiger partial charge in [0.25, 0.3) is 5.91 Å². The fraction of sp³-hybridized carbons (Fsp3) is 0.0588. The van der Waals surface area contributed by atoms with Gasteiger partial charge in [-0.15, -0.1) is 0 Å². The Labute approximate surface area is 126 Å². The van der Waals surface area contributed by atoms with Crippen molar-refractivity contribution in [2.75, 3.05) is 5.32 Å². The molecule has 0 saturated heterocycles. The quantitative estimate of drug-likeness (QED) is 0.692. The van der Waals surface area contributed by atoms with Crippen LogP contribution in [0.4, 0.5) is 14.5 Å². The number of carbonyl (C=O) groups is 1. The fourth-order valence-corrected chi connectivity index (χ4v) is 1.76. The third kappa shape index (κ3) is 3.76. The summed E-state index contributed by atoms with van der Waals surface area (Å²) in [6, 6.07) is 11.6. The molecule has 0 aliphatic heterocycles. The van der Waals surface area contributed by atoms with Gasteiger partial charge in [0.1, 0.15) is 23.3 Å². The van der Waals surface area contributed by atoms with Crippen LogP contribution in [0, 0.1) is 29.9 Å². The summed E-state index contributed by atoms with van der Waals surface area (Å²) >= 11 is 0. The maximum atomic E-state index is 13.6. The lowest BCUT2D eigenvalue weighted by Crippen LogP contribution is -2.13. The molecule has 1 amide bonds. The van der Waals surface area contributed by atoms with E-state index >= 15 is 0 Å². The van der Waals surface area contributed by atoms with E-state index in [1.807, 2.05) is 19.1 Å². The third-order valence-electron chi connectivity index (χ3n) is 2.94. The molecule has 0 unspecified atom stereocenters. The normalized spacial score (nSPS) is 10.9. The maximum Gasteiger partial charge on any atom is 0.266 e. The van der Waals surface area contributed by atoms with Crippen LogP contribution < -0.4 is 5.32 Å². The van der Waals surface area contributed by atoms with Gasteiger partial charge in [0.15, 0.2) is 0 Å². The zero-order valence-electron chi connectivity index (χ0n) is 11.7. The van der Waals surface area contributed by atoms with Crippen LogP contribution in [0.3, 0.4) is 0 Å². The smallest absolute Gasteiger partial charge is 0.266 e. The molecule has 22 heavy (non-hydrogen) atoms. The van der Waals surface area contributed by atoms with Crippen molar-refractivity contribution in [3.05, 3.63) is 70.8 Å². The molecule has 2 aromatic carbocycles. The lowest BCUT2D eigenvalue weighted by atomic mass is 10.1. The number of benzene rings is 2. The van der Waals surface area contributed by atoms with Crippen molar-refractivity contribution in [2.24, 2.45) is 0 Å². The summed E-state index contributed by atoms with van der Waals surface area (Å²) < 4.78 is 26.4. The van der Waals surface area contributed by atoms with Gasteiger partial charge in [0.05, 0.1) is 0 Å². The van der Waals surface area contributed by atoms with Crippen molar-refractivity contribution < 1.29 is 13.6 Å². The lowest BCUT2D eigenvalue weighted by Gasteiger charge is -2.05. The van der Waals surface area contributed by atoms with Crippen LogP contribution in [0.5, 0.6) is 0 Å². The average molecular weight is 298 g/mol. The number of nitrogens with zero attached hydrogens (tertiary/aromatic N) is 1. The van der Waals surface area contributed by atoms with Crippen molar-refractivity contribution in [3.8, 4) is 6.07 Å². The van der Waals surface area contributed by atoms with Gasteiger partial charge in [-0.25, -0.2) is 8.78 Å². The first-order valence-corrected chi connectivity index (χ1v) is 6.44. The number of anilines is 1. The van der Waals surface area contributed by atoms with E-state index in [2.05, 4.69) is 5.32 Å². The molecule has 0 saturated carbocycles. The maximum absolute atomic E-state index is 13.6. The molecular weight excluding hydrogens is 286 g/mol. The number of hydrogen-bond donors (Lipinski definition) is 1. The minimum Gasteiger partial charge on any atom is -0.321 e. The molecule has 0 aliphatic carbocycles. The second-order valence-corrected chi connectivity index (χ2v) is 4.66. The van der Waals surface area contributed by atoms with E-state index < -0.39 is 17.5 Å². The zero-order valence-corrected chi connectivity index (χ0v) is 11.7. The lowest BCUT2D eigenvalue weighted by molar-refractivity contribution is -0.112. The van der Waals surface area contributed by atoms with Gasteiger partial charge in [0.2, 0.25) is 0 Å². The van der Waals surface area contributed by atoms with Crippen LogP contribution in [-0.2, 0) is 4.79 Å². The Morgan fingerprint density at radius 3 is 2.45 bits per heavy atom. The summed E-state index contributed by atoms with van der Waals surface area (Å²) in [5.74, 6) is -2.22. The Morgan fingerprint density at radius 1 is 1.18 bits per heavy atom. The van der Waals surface area contributed by atoms with E-state index in [1.165, 1.54) is 6.07 Å². The van der Waals surface area contributed by atoms with E-state index in [4.69, 9.17) is 5.26 Å². The number of aryl methyl sites for hydroxylation is 1. The summed E-state index contributed by atoms with van der Waals surface area (Å²) in [7, 11) is 0. The Balaban J connectivity index is 2.23. The molecule has 0 radical (unpaired) electrons. The molecule has 0 atom stereocenters. The topological polar surface area (TPSA) is 52.9 Å². The van der Waals surface area contributed by atoms with Crippen LogP contribution in [0.15, 0.2) is 48.0 Å². The SMILES string of the molecule is Cc1ccc(NC(=O)/C(C#N)=C/c2ccc(F)cc2F)cc1. The molecule has 1 N–H and O–H groups in total. The van der Waals surface area contributed by atoms with E-state index in [1.54, 1.807) is 18.2 Å². The largest absolute Gasteiger partial charge is 0.321 e. The fourth-order valence-electron chi connectivity index (χ4n) is 1.76. The highest BCUT2D eigenvalue weighted by atomic mass is 19.1. The Kier molecular flexibility index (Phi) is 4.64. The number of hydrogen-bond acceptors (Lipinski definition) is 2. The highest BCUT2D eigenvalue weighted by Crippen LogP contribution is 2.15. The molecule has 0 heterocycles. The van der Waals surface area contributed by atoms with Crippen LogP contribution in [0.1, 0.15) is 11.1 Å².